The number of likely N-dealkylation sites (tertiary alicyclic amines) is 1. The van der Waals surface area contributed by atoms with Crippen molar-refractivity contribution in [1.82, 2.24) is 15.1 Å². The topological polar surface area (TPSA) is 129 Å². The van der Waals surface area contributed by atoms with Gasteiger partial charge in [0.05, 0.1) is 22.9 Å². The number of nitrogens with zero attached hydrogens (tertiary/aromatic N) is 4. The predicted octanol–water partition coefficient (Wildman–Crippen LogP) is 4.04. The quantitative estimate of drug-likeness (QED) is 0.491. The van der Waals surface area contributed by atoms with Crippen molar-refractivity contribution in [3.63, 3.8) is 0 Å². The highest BCUT2D eigenvalue weighted by molar-refractivity contribution is 6.04. The van der Waals surface area contributed by atoms with Gasteiger partial charge >= 0.3 is 6.03 Å². The third-order valence-electron chi connectivity index (χ3n) is 8.26. The second-order valence-corrected chi connectivity index (χ2v) is 11.9. The van der Waals surface area contributed by atoms with E-state index in [1.54, 1.807) is 60.0 Å². The molecule has 0 bridgehead atoms. The van der Waals surface area contributed by atoms with Crippen LogP contribution in [0.5, 0.6) is 0 Å². The number of hydrogen-bond donors (Lipinski definition) is 3. The van der Waals surface area contributed by atoms with Gasteiger partial charge in [0, 0.05) is 49.9 Å². The maximum Gasteiger partial charge on any atom is 0.321 e. The molecule has 1 saturated heterocycles. The molecule has 2 atom stereocenters. The van der Waals surface area contributed by atoms with E-state index in [0.717, 1.165) is 31.2 Å². The highest BCUT2D eigenvalue weighted by atomic mass is 16.3. The average Bonchev–Trinajstić information content (AvgIpc) is 3.75. The lowest BCUT2D eigenvalue weighted by Crippen LogP contribution is -2.66. The number of fused-ring (bicyclic) bond motifs is 1. The zero-order valence-corrected chi connectivity index (χ0v) is 24.1. The number of piperidine rings is 1. The first-order chi connectivity index (χ1) is 19.5. The smallest absolute Gasteiger partial charge is 0.321 e. The normalized spacial score (nSPS) is 22.3. The number of rotatable bonds is 6. The molecule has 5 rings (SSSR count). The third kappa shape index (κ3) is 5.72. The first kappa shape index (κ1) is 28.4. The standard InChI is InChI=1S/C31H38N6O4/c1-19(2)37-27-12-11-24(15-26(27)29(39)36(31(37,4)41)17-21-7-8-21)34-30(40)35-13-5-6-25(18-35)33-28(38)22-9-10-23(16-32)20(3)14-22/h9-12,14-15,19,21,25,41H,5-8,13,17-18H2,1-4H3,(H,33,38)(H,34,40)/t25-,31?/m1/s1. The second kappa shape index (κ2) is 11.1. The number of anilines is 2. The average molecular weight is 559 g/mol. The van der Waals surface area contributed by atoms with Crippen LogP contribution in [0.4, 0.5) is 16.2 Å². The van der Waals surface area contributed by atoms with Gasteiger partial charge in [-0.3, -0.25) is 14.5 Å². The summed E-state index contributed by atoms with van der Waals surface area (Å²) in [6.07, 6.45) is 3.59. The number of carbonyl (C=O) groups excluding carboxylic acids is 3. The van der Waals surface area contributed by atoms with E-state index in [9.17, 15) is 19.5 Å². The summed E-state index contributed by atoms with van der Waals surface area (Å²) >= 11 is 0. The number of aliphatic hydroxyl groups is 1. The highest BCUT2D eigenvalue weighted by Gasteiger charge is 2.48. The fourth-order valence-corrected chi connectivity index (χ4v) is 5.95. The molecule has 1 aliphatic carbocycles. The Kier molecular flexibility index (Phi) is 7.66. The lowest BCUT2D eigenvalue weighted by molar-refractivity contribution is -0.0840. The minimum absolute atomic E-state index is 0.0623. The fourth-order valence-electron chi connectivity index (χ4n) is 5.95. The first-order valence-corrected chi connectivity index (χ1v) is 14.3. The van der Waals surface area contributed by atoms with Crippen molar-refractivity contribution < 1.29 is 19.5 Å². The Morgan fingerprint density at radius 2 is 1.93 bits per heavy atom. The number of aryl methyl sites for hydroxylation is 1. The van der Waals surface area contributed by atoms with Crippen LogP contribution in [0.3, 0.4) is 0 Å². The monoisotopic (exact) mass is 558 g/mol. The Morgan fingerprint density at radius 1 is 1.17 bits per heavy atom. The number of hydrogen-bond acceptors (Lipinski definition) is 6. The number of urea groups is 1. The van der Waals surface area contributed by atoms with Crippen molar-refractivity contribution in [3.05, 3.63) is 58.7 Å². The van der Waals surface area contributed by atoms with Crippen LogP contribution in [0.25, 0.3) is 0 Å². The minimum atomic E-state index is -1.45. The van der Waals surface area contributed by atoms with E-state index in [-0.39, 0.29) is 29.9 Å². The third-order valence-corrected chi connectivity index (χ3v) is 8.26. The minimum Gasteiger partial charge on any atom is -0.354 e. The van der Waals surface area contributed by atoms with Gasteiger partial charge in [-0.2, -0.15) is 5.26 Å². The van der Waals surface area contributed by atoms with Gasteiger partial charge in [-0.1, -0.05) is 0 Å². The Morgan fingerprint density at radius 3 is 2.59 bits per heavy atom. The summed E-state index contributed by atoms with van der Waals surface area (Å²) in [7, 11) is 0. The maximum absolute atomic E-state index is 13.6. The molecule has 1 unspecified atom stereocenters. The molecule has 2 aromatic carbocycles. The Bertz CT molecular complexity index is 1410. The number of carbonyl (C=O) groups is 3. The van der Waals surface area contributed by atoms with Gasteiger partial charge < -0.3 is 25.5 Å². The zero-order chi connectivity index (χ0) is 29.5. The van der Waals surface area contributed by atoms with E-state index in [1.807, 2.05) is 18.7 Å². The molecular formula is C31H38N6O4. The molecule has 2 aromatic rings. The number of nitriles is 1. The van der Waals surface area contributed by atoms with Crippen molar-refractivity contribution in [1.29, 1.82) is 5.26 Å². The summed E-state index contributed by atoms with van der Waals surface area (Å²) in [5.74, 6) is -1.53. The van der Waals surface area contributed by atoms with Crippen molar-refractivity contribution in [2.45, 2.75) is 71.3 Å². The van der Waals surface area contributed by atoms with Crippen LogP contribution in [0.1, 0.15) is 78.3 Å². The Balaban J connectivity index is 1.28. The van der Waals surface area contributed by atoms with E-state index in [4.69, 9.17) is 5.26 Å². The lowest BCUT2D eigenvalue weighted by atomic mass is 10.0. The largest absolute Gasteiger partial charge is 0.354 e. The molecular weight excluding hydrogens is 520 g/mol. The molecule has 2 aliphatic heterocycles. The second-order valence-electron chi connectivity index (χ2n) is 11.9. The number of amides is 4. The van der Waals surface area contributed by atoms with Gasteiger partial charge in [-0.15, -0.1) is 0 Å². The molecule has 1 saturated carbocycles. The van der Waals surface area contributed by atoms with E-state index in [1.165, 1.54) is 0 Å². The molecule has 10 nitrogen and oxygen atoms in total. The molecule has 0 aromatic heterocycles. The van der Waals surface area contributed by atoms with Crippen molar-refractivity contribution >= 4 is 29.2 Å². The summed E-state index contributed by atoms with van der Waals surface area (Å²) in [5, 5.41) is 26.5. The van der Waals surface area contributed by atoms with Crippen LogP contribution < -0.4 is 15.5 Å². The summed E-state index contributed by atoms with van der Waals surface area (Å²) in [6, 6.07) is 11.7. The molecule has 2 heterocycles. The molecule has 2 fully saturated rings. The van der Waals surface area contributed by atoms with Gasteiger partial charge in [0.25, 0.3) is 11.8 Å². The van der Waals surface area contributed by atoms with Crippen molar-refractivity contribution in [3.8, 4) is 6.07 Å². The van der Waals surface area contributed by atoms with E-state index in [2.05, 4.69) is 16.7 Å². The van der Waals surface area contributed by atoms with Crippen LogP contribution in [0, 0.1) is 24.2 Å². The van der Waals surface area contributed by atoms with Crippen LogP contribution in [-0.2, 0) is 0 Å². The van der Waals surface area contributed by atoms with Crippen LogP contribution in [0.2, 0.25) is 0 Å². The molecule has 10 heteroatoms. The molecule has 3 aliphatic rings. The van der Waals surface area contributed by atoms with E-state index in [0.29, 0.717) is 53.6 Å². The van der Waals surface area contributed by atoms with Gasteiger partial charge in [-0.25, -0.2) is 4.79 Å². The van der Waals surface area contributed by atoms with E-state index >= 15 is 0 Å². The number of nitrogens with one attached hydrogen (secondary N) is 2. The van der Waals surface area contributed by atoms with Gasteiger partial charge in [0.2, 0.25) is 5.85 Å². The van der Waals surface area contributed by atoms with Crippen molar-refractivity contribution in [2.75, 3.05) is 29.9 Å². The Labute approximate surface area is 240 Å². The first-order valence-electron chi connectivity index (χ1n) is 14.3. The van der Waals surface area contributed by atoms with E-state index < -0.39 is 5.85 Å². The number of benzene rings is 2. The van der Waals surface area contributed by atoms with Crippen LogP contribution in [-0.4, -0.2) is 70.3 Å². The van der Waals surface area contributed by atoms with Crippen LogP contribution in [0.15, 0.2) is 36.4 Å². The summed E-state index contributed by atoms with van der Waals surface area (Å²) in [5.41, 5.74) is 3.34. The van der Waals surface area contributed by atoms with Gasteiger partial charge in [0.1, 0.15) is 0 Å². The molecule has 41 heavy (non-hydrogen) atoms. The maximum atomic E-state index is 13.6. The summed E-state index contributed by atoms with van der Waals surface area (Å²) < 4.78 is 0. The van der Waals surface area contributed by atoms with Crippen molar-refractivity contribution in [2.24, 2.45) is 5.92 Å². The summed E-state index contributed by atoms with van der Waals surface area (Å²) in [4.78, 5) is 44.8. The fraction of sp³-hybridized carbons (Fsp3) is 0.484. The highest BCUT2D eigenvalue weighted by Crippen LogP contribution is 2.41. The molecule has 4 amide bonds. The summed E-state index contributed by atoms with van der Waals surface area (Å²) in [6.45, 7) is 8.82. The zero-order valence-electron chi connectivity index (χ0n) is 24.1. The molecule has 0 spiro atoms. The predicted molar refractivity (Wildman–Crippen MR) is 155 cm³/mol. The van der Waals surface area contributed by atoms with Crippen LogP contribution >= 0.6 is 0 Å². The Hall–Kier alpha value is -4.10. The van der Waals surface area contributed by atoms with Gasteiger partial charge in [0.15, 0.2) is 0 Å². The molecule has 216 valence electrons. The molecule has 0 radical (unpaired) electrons. The molecule has 3 N–H and O–H groups in total. The van der Waals surface area contributed by atoms with Gasteiger partial charge in [-0.05, 0) is 94.3 Å². The lowest BCUT2D eigenvalue weighted by Gasteiger charge is -2.51. The SMILES string of the molecule is Cc1cc(C(=O)N[C@@H]2CCCN(C(=O)Nc3ccc4c(c3)C(=O)N(CC3CC3)C(C)(O)N4C(C)C)C2)ccc1C#N.